The Labute approximate surface area is 90.7 Å². The summed E-state index contributed by atoms with van der Waals surface area (Å²) in [6.45, 7) is 0. The van der Waals surface area contributed by atoms with E-state index in [1.807, 2.05) is 23.6 Å². The summed E-state index contributed by atoms with van der Waals surface area (Å²) in [6.07, 6.45) is 0. The fourth-order valence-electron chi connectivity index (χ4n) is 1.06. The van der Waals surface area contributed by atoms with Gasteiger partial charge in [-0.1, -0.05) is 29.3 Å². The molecule has 0 spiro atoms. The molecule has 2 aromatic rings. The molecule has 0 aliphatic rings. The van der Waals surface area contributed by atoms with Crippen LogP contribution in [0.3, 0.4) is 0 Å². The van der Waals surface area contributed by atoms with Gasteiger partial charge in [-0.05, 0) is 23.6 Å². The van der Waals surface area contributed by atoms with Crippen LogP contribution in [0.2, 0.25) is 10.0 Å². The molecule has 0 atom stereocenters. The van der Waals surface area contributed by atoms with Gasteiger partial charge in [0.25, 0.3) is 0 Å². The van der Waals surface area contributed by atoms with Crippen LogP contribution in [0, 0.1) is 6.07 Å². The summed E-state index contributed by atoms with van der Waals surface area (Å²) in [6, 6.07) is 10.4. The highest BCUT2D eigenvalue weighted by Gasteiger charge is 2.04. The van der Waals surface area contributed by atoms with E-state index in [0.29, 0.717) is 10.0 Å². The predicted molar refractivity (Wildman–Crippen MR) is 58.6 cm³/mol. The minimum Gasteiger partial charge on any atom is -0.144 e. The molecule has 0 saturated carbocycles. The topological polar surface area (TPSA) is 0 Å². The first-order valence-electron chi connectivity index (χ1n) is 3.68. The van der Waals surface area contributed by atoms with Crippen molar-refractivity contribution in [2.45, 2.75) is 0 Å². The van der Waals surface area contributed by atoms with E-state index in [-0.39, 0.29) is 0 Å². The molecule has 0 amide bonds. The highest BCUT2D eigenvalue weighted by molar-refractivity contribution is 7.13. The Balaban J connectivity index is 2.57. The van der Waals surface area contributed by atoms with Crippen molar-refractivity contribution in [2.75, 3.05) is 0 Å². The van der Waals surface area contributed by atoms with Gasteiger partial charge in [0.1, 0.15) is 0 Å². The molecule has 1 aromatic heterocycles. The second kappa shape index (κ2) is 3.70. The number of thiophene rings is 1. The Morgan fingerprint density at radius 2 is 2.15 bits per heavy atom. The second-order valence-electron chi connectivity index (χ2n) is 2.52. The van der Waals surface area contributed by atoms with Crippen LogP contribution < -0.4 is 0 Å². The summed E-state index contributed by atoms with van der Waals surface area (Å²) >= 11 is 13.5. The lowest BCUT2D eigenvalue weighted by molar-refractivity contribution is 1.68. The molecular weight excluding hydrogens is 223 g/mol. The summed E-state index contributed by atoms with van der Waals surface area (Å²) in [5, 5.41) is 3.28. The van der Waals surface area contributed by atoms with E-state index in [9.17, 15) is 0 Å². The van der Waals surface area contributed by atoms with E-state index < -0.39 is 0 Å². The molecule has 0 nitrogen and oxygen atoms in total. The lowest BCUT2D eigenvalue weighted by Crippen LogP contribution is -1.75. The first-order valence-corrected chi connectivity index (χ1v) is 5.31. The quantitative estimate of drug-likeness (QED) is 0.673. The first-order chi connectivity index (χ1) is 6.27. The molecule has 3 heteroatoms. The highest BCUT2D eigenvalue weighted by Crippen LogP contribution is 2.32. The van der Waals surface area contributed by atoms with Crippen molar-refractivity contribution in [1.82, 2.24) is 0 Å². The molecule has 0 unspecified atom stereocenters. The van der Waals surface area contributed by atoms with Crippen LogP contribution in [0.5, 0.6) is 0 Å². The van der Waals surface area contributed by atoms with Crippen molar-refractivity contribution in [1.29, 1.82) is 0 Å². The average Bonchev–Trinajstić information content (AvgIpc) is 2.61. The van der Waals surface area contributed by atoms with Gasteiger partial charge in [0.05, 0.1) is 5.02 Å². The summed E-state index contributed by atoms with van der Waals surface area (Å²) in [4.78, 5) is 1.11. The zero-order valence-corrected chi connectivity index (χ0v) is 8.88. The average molecular weight is 228 g/mol. The molecule has 0 aliphatic heterocycles. The third kappa shape index (κ3) is 1.88. The standard InChI is InChI=1S/C10H5Cl2S/c11-7-3-4-9(12)8(6-7)10-2-1-5-13-10/h1-3,5-6H. The Bertz CT molecular complexity index is 407. The summed E-state index contributed by atoms with van der Waals surface area (Å²) < 4.78 is 0. The third-order valence-corrected chi connectivity index (χ3v) is 3.08. The summed E-state index contributed by atoms with van der Waals surface area (Å²) in [5.41, 5.74) is 0.948. The Morgan fingerprint density at radius 3 is 2.85 bits per heavy atom. The fourth-order valence-corrected chi connectivity index (χ4v) is 2.24. The van der Waals surface area contributed by atoms with Gasteiger partial charge in [0, 0.05) is 21.5 Å². The van der Waals surface area contributed by atoms with Gasteiger partial charge >= 0.3 is 0 Å². The van der Waals surface area contributed by atoms with Crippen LogP contribution in [0.4, 0.5) is 0 Å². The largest absolute Gasteiger partial charge is 0.144 e. The van der Waals surface area contributed by atoms with Gasteiger partial charge in [0.15, 0.2) is 0 Å². The fraction of sp³-hybridized carbons (Fsp3) is 0. The van der Waals surface area contributed by atoms with E-state index >= 15 is 0 Å². The van der Waals surface area contributed by atoms with Gasteiger partial charge in [0.2, 0.25) is 0 Å². The maximum absolute atomic E-state index is 5.98. The van der Waals surface area contributed by atoms with Crippen LogP contribution in [0.1, 0.15) is 0 Å². The third-order valence-electron chi connectivity index (χ3n) is 1.64. The Kier molecular flexibility index (Phi) is 2.58. The molecule has 0 bridgehead atoms. The number of halogens is 2. The van der Waals surface area contributed by atoms with E-state index in [0.717, 1.165) is 10.4 Å². The molecular formula is C10H5Cl2S. The summed E-state index contributed by atoms with van der Waals surface area (Å²) in [5.74, 6) is 0. The molecule has 65 valence electrons. The molecule has 0 fully saturated rings. The van der Waals surface area contributed by atoms with Gasteiger partial charge in [-0.25, -0.2) is 0 Å². The van der Waals surface area contributed by atoms with Crippen LogP contribution in [-0.2, 0) is 0 Å². The normalized spacial score (nSPS) is 10.3. The van der Waals surface area contributed by atoms with Gasteiger partial charge in [-0.15, -0.1) is 11.3 Å². The van der Waals surface area contributed by atoms with Gasteiger partial charge in [-0.2, -0.15) is 0 Å². The van der Waals surface area contributed by atoms with Crippen molar-refractivity contribution < 1.29 is 0 Å². The highest BCUT2D eigenvalue weighted by atomic mass is 35.5. The van der Waals surface area contributed by atoms with Crippen molar-refractivity contribution in [3.05, 3.63) is 45.8 Å². The monoisotopic (exact) mass is 227 g/mol. The molecule has 0 N–H and O–H groups in total. The number of rotatable bonds is 1. The Morgan fingerprint density at radius 1 is 1.31 bits per heavy atom. The van der Waals surface area contributed by atoms with Gasteiger partial charge < -0.3 is 0 Å². The SMILES string of the molecule is Clc1c[c]c(Cl)c(-c2cccs2)c1. The minimum atomic E-state index is 0.617. The summed E-state index contributed by atoms with van der Waals surface area (Å²) in [7, 11) is 0. The lowest BCUT2D eigenvalue weighted by atomic mass is 10.2. The maximum Gasteiger partial charge on any atom is 0.0572 e. The lowest BCUT2D eigenvalue weighted by Gasteiger charge is -2.00. The van der Waals surface area contributed by atoms with Crippen LogP contribution in [0.25, 0.3) is 10.4 Å². The van der Waals surface area contributed by atoms with Gasteiger partial charge in [-0.3, -0.25) is 0 Å². The van der Waals surface area contributed by atoms with Crippen molar-refractivity contribution in [3.8, 4) is 10.4 Å². The van der Waals surface area contributed by atoms with Crippen molar-refractivity contribution >= 4 is 34.5 Å². The zero-order chi connectivity index (χ0) is 9.26. The number of benzene rings is 1. The smallest absolute Gasteiger partial charge is 0.0572 e. The number of hydrogen-bond acceptors (Lipinski definition) is 1. The molecule has 1 radical (unpaired) electrons. The van der Waals surface area contributed by atoms with E-state index in [4.69, 9.17) is 23.2 Å². The molecule has 0 aliphatic carbocycles. The molecule has 1 heterocycles. The van der Waals surface area contributed by atoms with E-state index in [1.54, 1.807) is 17.4 Å². The first kappa shape index (κ1) is 9.07. The molecule has 13 heavy (non-hydrogen) atoms. The van der Waals surface area contributed by atoms with E-state index in [2.05, 4.69) is 6.07 Å². The minimum absolute atomic E-state index is 0.617. The van der Waals surface area contributed by atoms with Crippen molar-refractivity contribution in [3.63, 3.8) is 0 Å². The van der Waals surface area contributed by atoms with Crippen LogP contribution in [-0.4, -0.2) is 0 Å². The molecule has 2 rings (SSSR count). The zero-order valence-electron chi connectivity index (χ0n) is 6.55. The van der Waals surface area contributed by atoms with Crippen molar-refractivity contribution in [2.24, 2.45) is 0 Å². The maximum atomic E-state index is 5.98. The predicted octanol–water partition coefficient (Wildman–Crippen LogP) is 4.52. The molecule has 0 saturated heterocycles. The van der Waals surface area contributed by atoms with Crippen LogP contribution in [0.15, 0.2) is 29.6 Å². The van der Waals surface area contributed by atoms with Crippen LogP contribution >= 0.6 is 34.5 Å². The number of hydrogen-bond donors (Lipinski definition) is 0. The molecule has 1 aromatic carbocycles. The van der Waals surface area contributed by atoms with E-state index in [1.165, 1.54) is 0 Å². The Hall–Kier alpha value is -0.500. The second-order valence-corrected chi connectivity index (χ2v) is 4.28.